The van der Waals surface area contributed by atoms with E-state index >= 15 is 0 Å². The van der Waals surface area contributed by atoms with Crippen molar-refractivity contribution in [1.29, 1.82) is 0 Å². The fourth-order valence-electron chi connectivity index (χ4n) is 3.85. The monoisotopic (exact) mass is 432 g/mol. The van der Waals surface area contributed by atoms with Gasteiger partial charge in [-0.05, 0) is 18.6 Å². The van der Waals surface area contributed by atoms with Crippen molar-refractivity contribution in [3.63, 3.8) is 0 Å². The van der Waals surface area contributed by atoms with Gasteiger partial charge in [0.1, 0.15) is 18.3 Å². The standard InChI is InChI=1S/C23H44O5S/c1-2-3-4-5-6-7-8-9-10-11-12-13-14-15-16-21(29)28-20-18-27-23(22(20)26)19(25)17-24/h19-20,22-26H,2-18H2,1H3/t19-,20+,22-,23-/m1/s1. The van der Waals surface area contributed by atoms with Gasteiger partial charge in [-0.25, -0.2) is 0 Å². The van der Waals surface area contributed by atoms with Gasteiger partial charge in [-0.3, -0.25) is 0 Å². The molecule has 1 aliphatic rings. The smallest absolute Gasteiger partial charge is 0.160 e. The number of aliphatic hydroxyl groups is 3. The Morgan fingerprint density at radius 3 is 1.90 bits per heavy atom. The Labute approximate surface area is 183 Å². The number of unbranched alkanes of at least 4 members (excludes halogenated alkanes) is 13. The van der Waals surface area contributed by atoms with Gasteiger partial charge in [-0.15, -0.1) is 0 Å². The molecule has 0 aromatic rings. The minimum Gasteiger partial charge on any atom is -0.479 e. The molecule has 5 nitrogen and oxygen atoms in total. The summed E-state index contributed by atoms with van der Waals surface area (Å²) in [5, 5.41) is 29.2. The van der Waals surface area contributed by atoms with Crippen LogP contribution in [0.15, 0.2) is 0 Å². The number of rotatable bonds is 18. The summed E-state index contributed by atoms with van der Waals surface area (Å²) in [7, 11) is 0. The van der Waals surface area contributed by atoms with Crippen molar-refractivity contribution in [3.05, 3.63) is 0 Å². The molecule has 1 aliphatic heterocycles. The minimum absolute atomic E-state index is 0.182. The van der Waals surface area contributed by atoms with Gasteiger partial charge < -0.3 is 24.8 Å². The predicted octanol–water partition coefficient (Wildman–Crippen LogP) is 4.68. The first-order valence-electron chi connectivity index (χ1n) is 11.9. The Morgan fingerprint density at radius 2 is 1.41 bits per heavy atom. The molecule has 0 aromatic heterocycles. The van der Waals surface area contributed by atoms with Gasteiger partial charge in [0.25, 0.3) is 0 Å². The number of thiocarbonyl (C=S) groups is 1. The molecular weight excluding hydrogens is 388 g/mol. The molecular formula is C23H44O5S. The van der Waals surface area contributed by atoms with Crippen molar-refractivity contribution in [1.82, 2.24) is 0 Å². The zero-order valence-corrected chi connectivity index (χ0v) is 19.2. The molecule has 1 saturated heterocycles. The molecule has 0 aliphatic carbocycles. The lowest BCUT2D eigenvalue weighted by molar-refractivity contribution is -0.0679. The third-order valence-electron chi connectivity index (χ3n) is 5.75. The van der Waals surface area contributed by atoms with Gasteiger partial charge >= 0.3 is 0 Å². The highest BCUT2D eigenvalue weighted by atomic mass is 32.1. The van der Waals surface area contributed by atoms with Crippen LogP contribution in [0, 0.1) is 0 Å². The summed E-state index contributed by atoms with van der Waals surface area (Å²) in [5.74, 6) is 0. The van der Waals surface area contributed by atoms with Gasteiger partial charge in [0.15, 0.2) is 11.2 Å². The fourth-order valence-corrected chi connectivity index (χ4v) is 4.12. The average molecular weight is 433 g/mol. The molecule has 29 heavy (non-hydrogen) atoms. The van der Waals surface area contributed by atoms with Crippen molar-refractivity contribution in [3.8, 4) is 0 Å². The van der Waals surface area contributed by atoms with E-state index in [-0.39, 0.29) is 6.61 Å². The van der Waals surface area contributed by atoms with Crippen molar-refractivity contribution in [2.75, 3.05) is 13.2 Å². The number of ether oxygens (including phenoxy) is 2. The van der Waals surface area contributed by atoms with Crippen LogP contribution in [0.1, 0.15) is 103 Å². The Hall–Kier alpha value is -0.270. The topological polar surface area (TPSA) is 79.2 Å². The van der Waals surface area contributed by atoms with Gasteiger partial charge in [-0.2, -0.15) is 0 Å². The highest BCUT2D eigenvalue weighted by Crippen LogP contribution is 2.21. The second-order valence-corrected chi connectivity index (χ2v) is 8.87. The number of aliphatic hydroxyl groups excluding tert-OH is 3. The van der Waals surface area contributed by atoms with Crippen molar-refractivity contribution < 1.29 is 24.8 Å². The molecule has 0 radical (unpaired) electrons. The van der Waals surface area contributed by atoms with Crippen LogP contribution in [0.4, 0.5) is 0 Å². The quantitative estimate of drug-likeness (QED) is 0.215. The Bertz CT molecular complexity index is 407. The maximum atomic E-state index is 10.1. The van der Waals surface area contributed by atoms with E-state index in [0.29, 0.717) is 11.5 Å². The minimum atomic E-state index is -1.10. The van der Waals surface area contributed by atoms with Crippen LogP contribution in [0.25, 0.3) is 0 Å². The van der Waals surface area contributed by atoms with E-state index in [4.69, 9.17) is 26.8 Å². The van der Waals surface area contributed by atoms with Crippen LogP contribution in [-0.4, -0.2) is 58.0 Å². The van der Waals surface area contributed by atoms with E-state index in [1.165, 1.54) is 77.0 Å². The van der Waals surface area contributed by atoms with E-state index in [9.17, 15) is 10.2 Å². The molecule has 172 valence electrons. The molecule has 3 N–H and O–H groups in total. The molecule has 0 saturated carbocycles. The van der Waals surface area contributed by atoms with E-state index in [0.717, 1.165) is 12.8 Å². The van der Waals surface area contributed by atoms with Gasteiger partial charge in [0, 0.05) is 6.42 Å². The first kappa shape index (κ1) is 26.8. The lowest BCUT2D eigenvalue weighted by atomic mass is 10.0. The molecule has 0 aromatic carbocycles. The normalized spacial score (nSPS) is 22.7. The summed E-state index contributed by atoms with van der Waals surface area (Å²) in [6.07, 6.45) is 15.8. The summed E-state index contributed by atoms with van der Waals surface area (Å²) in [6, 6.07) is 0. The summed E-state index contributed by atoms with van der Waals surface area (Å²) in [5.41, 5.74) is 0. The molecule has 0 spiro atoms. The van der Waals surface area contributed by atoms with E-state index in [1.54, 1.807) is 0 Å². The summed E-state index contributed by atoms with van der Waals surface area (Å²) in [4.78, 5) is 0. The van der Waals surface area contributed by atoms with E-state index < -0.39 is 31.0 Å². The summed E-state index contributed by atoms with van der Waals surface area (Å²) < 4.78 is 10.9. The van der Waals surface area contributed by atoms with E-state index in [1.807, 2.05) is 0 Å². The highest BCUT2D eigenvalue weighted by Gasteiger charge is 2.41. The van der Waals surface area contributed by atoms with Gasteiger partial charge in [0.2, 0.25) is 0 Å². The lowest BCUT2D eigenvalue weighted by Gasteiger charge is -2.21. The highest BCUT2D eigenvalue weighted by molar-refractivity contribution is 7.80. The maximum absolute atomic E-state index is 10.1. The number of hydrogen-bond donors (Lipinski definition) is 3. The number of hydrogen-bond acceptors (Lipinski definition) is 6. The Kier molecular flexibility index (Phi) is 16.1. The summed E-state index contributed by atoms with van der Waals surface area (Å²) >= 11 is 5.27. The molecule has 0 bridgehead atoms. The molecule has 4 atom stereocenters. The molecule has 1 heterocycles. The molecule has 1 fully saturated rings. The first-order valence-corrected chi connectivity index (χ1v) is 12.3. The molecule has 6 heteroatoms. The molecule has 1 rings (SSSR count). The summed E-state index contributed by atoms with van der Waals surface area (Å²) in [6.45, 7) is 2.00. The SMILES string of the molecule is CCCCCCCCCCCCCCCCC(=S)O[C@H]1CO[C@H]([C@H](O)CO)[C@@H]1O. The Balaban J connectivity index is 1.90. The van der Waals surface area contributed by atoms with Gasteiger partial charge in [-0.1, -0.05) is 90.4 Å². The zero-order valence-electron chi connectivity index (χ0n) is 18.4. The van der Waals surface area contributed by atoms with Crippen LogP contribution < -0.4 is 0 Å². The average Bonchev–Trinajstić information content (AvgIpc) is 3.07. The second kappa shape index (κ2) is 17.4. The Morgan fingerprint density at radius 1 is 0.931 bits per heavy atom. The maximum Gasteiger partial charge on any atom is 0.160 e. The lowest BCUT2D eigenvalue weighted by Crippen LogP contribution is -2.41. The first-order chi connectivity index (χ1) is 14.1. The molecule has 0 amide bonds. The fraction of sp³-hybridized carbons (Fsp3) is 0.957. The van der Waals surface area contributed by atoms with Crippen LogP contribution in [-0.2, 0) is 9.47 Å². The predicted molar refractivity (Wildman–Crippen MR) is 121 cm³/mol. The third-order valence-corrected chi connectivity index (χ3v) is 6.05. The van der Waals surface area contributed by atoms with Crippen molar-refractivity contribution in [2.45, 2.75) is 128 Å². The van der Waals surface area contributed by atoms with Crippen LogP contribution >= 0.6 is 12.2 Å². The van der Waals surface area contributed by atoms with Gasteiger partial charge in [0.05, 0.1) is 13.2 Å². The van der Waals surface area contributed by atoms with E-state index in [2.05, 4.69) is 6.92 Å². The zero-order chi connectivity index (χ0) is 21.3. The van der Waals surface area contributed by atoms with Crippen molar-refractivity contribution in [2.24, 2.45) is 0 Å². The largest absolute Gasteiger partial charge is 0.479 e. The van der Waals surface area contributed by atoms with Crippen molar-refractivity contribution >= 4 is 17.3 Å². The van der Waals surface area contributed by atoms with Crippen LogP contribution in [0.3, 0.4) is 0 Å². The second-order valence-electron chi connectivity index (χ2n) is 8.41. The third kappa shape index (κ3) is 12.2. The van der Waals surface area contributed by atoms with Crippen LogP contribution in [0.2, 0.25) is 0 Å². The molecule has 0 unspecified atom stereocenters. The van der Waals surface area contributed by atoms with Crippen LogP contribution in [0.5, 0.6) is 0 Å².